The predicted octanol–water partition coefficient (Wildman–Crippen LogP) is 3.10. The summed E-state index contributed by atoms with van der Waals surface area (Å²) in [6.07, 6.45) is 2.19. The Morgan fingerprint density at radius 3 is 2.25 bits per heavy atom. The van der Waals surface area contributed by atoms with Crippen molar-refractivity contribution in [3.8, 4) is 11.8 Å². The lowest BCUT2D eigenvalue weighted by Gasteiger charge is -2.04. The van der Waals surface area contributed by atoms with E-state index in [1.54, 1.807) is 7.11 Å². The minimum atomic E-state index is 0.532. The van der Waals surface area contributed by atoms with E-state index in [9.17, 15) is 0 Å². The van der Waals surface area contributed by atoms with Gasteiger partial charge in [0.05, 0.1) is 0 Å². The normalized spacial score (nSPS) is 10.4. The number of rotatable bonds is 4. The maximum absolute atomic E-state index is 4.95. The summed E-state index contributed by atoms with van der Waals surface area (Å²) in [6, 6.07) is 0. The number of hydrogen-bond acceptors (Lipinski definition) is 1. The zero-order chi connectivity index (χ0) is 9.82. The summed E-state index contributed by atoms with van der Waals surface area (Å²) in [4.78, 5) is 0. The van der Waals surface area contributed by atoms with Crippen LogP contribution in [0.4, 0.5) is 0 Å². The van der Waals surface area contributed by atoms with Gasteiger partial charge in [0.25, 0.3) is 0 Å². The van der Waals surface area contributed by atoms with E-state index in [4.69, 9.17) is 4.74 Å². The monoisotopic (exact) mass is 170 g/mol. The molecule has 12 heavy (non-hydrogen) atoms. The van der Waals surface area contributed by atoms with Gasteiger partial charge in [0.1, 0.15) is 0 Å². The highest BCUT2D eigenvalue weighted by Gasteiger charge is 1.99. The maximum Gasteiger partial charge on any atom is 0.0474 e. The summed E-state index contributed by atoms with van der Waals surface area (Å²) in [5.74, 6) is 6.59. The van der Waals surface area contributed by atoms with E-state index < -0.39 is 0 Å². The largest absolute Gasteiger partial charge is 0.385 e. The van der Waals surface area contributed by atoms with Gasteiger partial charge in [-0.1, -0.05) is 20.8 Å². The molecule has 0 aliphatic heterocycles. The minimum absolute atomic E-state index is 0.532. The second kappa shape index (κ2) is 13.1. The van der Waals surface area contributed by atoms with Crippen LogP contribution in [0, 0.1) is 17.8 Å². The second-order valence-electron chi connectivity index (χ2n) is 2.28. The van der Waals surface area contributed by atoms with E-state index >= 15 is 0 Å². The van der Waals surface area contributed by atoms with Crippen molar-refractivity contribution in [2.24, 2.45) is 5.92 Å². The molecule has 1 unspecified atom stereocenters. The maximum atomic E-state index is 4.95. The van der Waals surface area contributed by atoms with E-state index in [-0.39, 0.29) is 0 Å². The van der Waals surface area contributed by atoms with Crippen molar-refractivity contribution in [2.45, 2.75) is 40.5 Å². The van der Waals surface area contributed by atoms with Crippen molar-refractivity contribution in [3.05, 3.63) is 0 Å². The van der Waals surface area contributed by atoms with Crippen molar-refractivity contribution in [3.63, 3.8) is 0 Å². The molecule has 0 amide bonds. The van der Waals surface area contributed by atoms with E-state index in [0.717, 1.165) is 19.4 Å². The molecular weight excluding hydrogens is 148 g/mol. The molecule has 0 radical (unpaired) electrons. The zero-order valence-electron chi connectivity index (χ0n) is 9.11. The van der Waals surface area contributed by atoms with Crippen LogP contribution in [0.5, 0.6) is 0 Å². The van der Waals surface area contributed by atoms with Crippen molar-refractivity contribution >= 4 is 0 Å². The Labute approximate surface area is 77.5 Å². The Hall–Kier alpha value is -0.480. The van der Waals surface area contributed by atoms with Gasteiger partial charge in [-0.25, -0.2) is 0 Å². The summed E-state index contributed by atoms with van der Waals surface area (Å²) in [5, 5.41) is 0. The Bertz CT molecular complexity index is 119. The average Bonchev–Trinajstić information content (AvgIpc) is 2.15. The molecule has 0 aliphatic carbocycles. The van der Waals surface area contributed by atoms with E-state index in [2.05, 4.69) is 18.8 Å². The smallest absolute Gasteiger partial charge is 0.0474 e. The first kappa shape index (κ1) is 14.1. The molecule has 1 heteroatoms. The highest BCUT2D eigenvalue weighted by Crippen LogP contribution is 2.05. The number of hydrogen-bond donors (Lipinski definition) is 0. The molecule has 0 bridgehead atoms. The molecule has 0 fully saturated rings. The second-order valence-corrected chi connectivity index (χ2v) is 2.28. The van der Waals surface area contributed by atoms with Gasteiger partial charge in [0.15, 0.2) is 0 Å². The number of methoxy groups -OCH3 is 1. The lowest BCUT2D eigenvalue weighted by molar-refractivity contribution is 0.184. The fraction of sp³-hybridized carbons (Fsp3) is 0.818. The molecule has 0 aromatic carbocycles. The fourth-order valence-corrected chi connectivity index (χ4v) is 0.843. The van der Waals surface area contributed by atoms with E-state index in [0.29, 0.717) is 5.92 Å². The first-order valence-electron chi connectivity index (χ1n) is 4.76. The molecule has 0 aromatic rings. The standard InChI is InChI=1S/C9H16O.C2H6/c1-4-6-9(5-2)7-8-10-3;1-2/h9H,5,7-8H2,1-3H3;1-2H3. The Morgan fingerprint density at radius 2 is 1.92 bits per heavy atom. The van der Waals surface area contributed by atoms with Crippen LogP contribution in [0.15, 0.2) is 0 Å². The van der Waals surface area contributed by atoms with Crippen LogP contribution in [0.2, 0.25) is 0 Å². The molecule has 0 rings (SSSR count). The van der Waals surface area contributed by atoms with Gasteiger partial charge in [-0.05, 0) is 19.8 Å². The highest BCUT2D eigenvalue weighted by atomic mass is 16.5. The van der Waals surface area contributed by atoms with Crippen LogP contribution in [-0.2, 0) is 4.74 Å². The first-order chi connectivity index (χ1) is 5.85. The number of ether oxygens (including phenoxy) is 1. The lowest BCUT2D eigenvalue weighted by Crippen LogP contribution is -1.99. The molecule has 1 nitrogen and oxygen atoms in total. The molecule has 72 valence electrons. The van der Waals surface area contributed by atoms with Crippen molar-refractivity contribution < 1.29 is 4.74 Å². The summed E-state index contributed by atoms with van der Waals surface area (Å²) in [5.41, 5.74) is 0. The SMILES string of the molecule is CC.CC#CC(CC)CCOC. The van der Waals surface area contributed by atoms with Crippen molar-refractivity contribution in [2.75, 3.05) is 13.7 Å². The zero-order valence-corrected chi connectivity index (χ0v) is 9.11. The molecule has 0 spiro atoms. The fourth-order valence-electron chi connectivity index (χ4n) is 0.843. The van der Waals surface area contributed by atoms with Crippen LogP contribution < -0.4 is 0 Å². The third-order valence-corrected chi connectivity index (χ3v) is 1.51. The third-order valence-electron chi connectivity index (χ3n) is 1.51. The van der Waals surface area contributed by atoms with Gasteiger partial charge in [-0.2, -0.15) is 0 Å². The summed E-state index contributed by atoms with van der Waals surface area (Å²) in [7, 11) is 1.73. The topological polar surface area (TPSA) is 9.23 Å². The summed E-state index contributed by atoms with van der Waals surface area (Å²) < 4.78 is 4.95. The molecule has 0 saturated carbocycles. The van der Waals surface area contributed by atoms with Crippen molar-refractivity contribution in [1.82, 2.24) is 0 Å². The third kappa shape index (κ3) is 9.52. The molecule has 0 heterocycles. The molecular formula is C11H22O. The summed E-state index contributed by atoms with van der Waals surface area (Å²) >= 11 is 0. The summed E-state index contributed by atoms with van der Waals surface area (Å²) in [6.45, 7) is 8.87. The van der Waals surface area contributed by atoms with Crippen LogP contribution in [0.25, 0.3) is 0 Å². The minimum Gasteiger partial charge on any atom is -0.385 e. The molecule has 0 N–H and O–H groups in total. The molecule has 0 aromatic heterocycles. The van der Waals surface area contributed by atoms with Gasteiger partial charge in [-0.3, -0.25) is 0 Å². The van der Waals surface area contributed by atoms with Crippen LogP contribution in [0.1, 0.15) is 40.5 Å². The van der Waals surface area contributed by atoms with Gasteiger partial charge < -0.3 is 4.74 Å². The average molecular weight is 170 g/mol. The Kier molecular flexibility index (Phi) is 15.4. The molecule has 0 aliphatic rings. The Morgan fingerprint density at radius 1 is 1.33 bits per heavy atom. The first-order valence-corrected chi connectivity index (χ1v) is 4.76. The van der Waals surface area contributed by atoms with Crippen molar-refractivity contribution in [1.29, 1.82) is 0 Å². The molecule has 0 saturated heterocycles. The molecule has 1 atom stereocenters. The quantitative estimate of drug-likeness (QED) is 0.589. The van der Waals surface area contributed by atoms with Gasteiger partial charge in [-0.15, -0.1) is 11.8 Å². The van der Waals surface area contributed by atoms with Crippen LogP contribution in [0.3, 0.4) is 0 Å². The van der Waals surface area contributed by atoms with Gasteiger partial charge >= 0.3 is 0 Å². The van der Waals surface area contributed by atoms with Crippen LogP contribution >= 0.6 is 0 Å². The van der Waals surface area contributed by atoms with Crippen LogP contribution in [-0.4, -0.2) is 13.7 Å². The van der Waals surface area contributed by atoms with E-state index in [1.165, 1.54) is 0 Å². The van der Waals surface area contributed by atoms with E-state index in [1.807, 2.05) is 20.8 Å². The van der Waals surface area contributed by atoms with Gasteiger partial charge in [0, 0.05) is 19.6 Å². The lowest BCUT2D eigenvalue weighted by atomic mass is 10.0. The Balaban J connectivity index is 0. The predicted molar refractivity (Wildman–Crippen MR) is 55.1 cm³/mol. The van der Waals surface area contributed by atoms with Gasteiger partial charge in [0.2, 0.25) is 0 Å². The highest BCUT2D eigenvalue weighted by molar-refractivity contribution is 5.00.